The highest BCUT2D eigenvalue weighted by atomic mass is 35.5. The van der Waals surface area contributed by atoms with Crippen LogP contribution in [0.5, 0.6) is 11.5 Å². The highest BCUT2D eigenvalue weighted by Gasteiger charge is 2.33. The number of thioether (sulfide) groups is 1. The van der Waals surface area contributed by atoms with Crippen molar-refractivity contribution in [1.29, 1.82) is 0 Å². The zero-order chi connectivity index (χ0) is 27.4. The van der Waals surface area contributed by atoms with Crippen molar-refractivity contribution < 1.29 is 19.1 Å². The number of thiocarbonyl (C=S) groups is 1. The summed E-state index contributed by atoms with van der Waals surface area (Å²) >= 11 is 18.7. The summed E-state index contributed by atoms with van der Waals surface area (Å²) < 4.78 is 11.9. The van der Waals surface area contributed by atoms with Crippen LogP contribution in [0.3, 0.4) is 0 Å². The monoisotopic (exact) mass is 586 g/mol. The van der Waals surface area contributed by atoms with E-state index in [1.165, 1.54) is 11.8 Å². The largest absolute Gasteiger partial charge is 0.490 e. The predicted octanol–water partition coefficient (Wildman–Crippen LogP) is 7.43. The van der Waals surface area contributed by atoms with Gasteiger partial charge in [-0.15, -0.1) is 0 Å². The lowest BCUT2D eigenvalue weighted by Crippen LogP contribution is -2.27. The van der Waals surface area contributed by atoms with E-state index in [2.05, 4.69) is 5.32 Å². The number of hydrogen-bond donors (Lipinski definition) is 1. The molecule has 0 unspecified atom stereocenters. The van der Waals surface area contributed by atoms with E-state index in [1.54, 1.807) is 47.4 Å². The number of rotatable bonds is 8. The lowest BCUT2D eigenvalue weighted by molar-refractivity contribution is -0.118. The Morgan fingerprint density at radius 2 is 1.74 bits per heavy atom. The second-order valence-corrected chi connectivity index (χ2v) is 11.0. The SMILES string of the molecule is CCOc1cc(/C=C2\SC(=S)N(c3ccc(C)c(C)c3)C2=O)ccc1OCC(=O)Nc1cc(Cl)cc(Cl)c1. The van der Waals surface area contributed by atoms with Crippen molar-refractivity contribution in [2.24, 2.45) is 0 Å². The Morgan fingerprint density at radius 1 is 1.00 bits per heavy atom. The molecule has 0 radical (unpaired) electrons. The molecule has 0 aromatic heterocycles. The van der Waals surface area contributed by atoms with Gasteiger partial charge in [0.1, 0.15) is 0 Å². The van der Waals surface area contributed by atoms with Gasteiger partial charge in [0.25, 0.3) is 11.8 Å². The van der Waals surface area contributed by atoms with Gasteiger partial charge >= 0.3 is 0 Å². The lowest BCUT2D eigenvalue weighted by Gasteiger charge is -2.16. The van der Waals surface area contributed by atoms with Crippen molar-refractivity contribution in [3.8, 4) is 11.5 Å². The van der Waals surface area contributed by atoms with E-state index in [0.29, 0.717) is 43.1 Å². The number of carbonyl (C=O) groups is 2. The van der Waals surface area contributed by atoms with Gasteiger partial charge in [0.05, 0.1) is 17.2 Å². The van der Waals surface area contributed by atoms with Gasteiger partial charge in [-0.25, -0.2) is 0 Å². The maximum absolute atomic E-state index is 13.2. The number of hydrogen-bond acceptors (Lipinski definition) is 6. The van der Waals surface area contributed by atoms with Crippen LogP contribution < -0.4 is 19.7 Å². The van der Waals surface area contributed by atoms with E-state index < -0.39 is 0 Å². The minimum Gasteiger partial charge on any atom is -0.490 e. The van der Waals surface area contributed by atoms with Crippen LogP contribution >= 0.6 is 47.2 Å². The summed E-state index contributed by atoms with van der Waals surface area (Å²) in [6, 6.07) is 15.8. The maximum atomic E-state index is 13.2. The second-order valence-electron chi connectivity index (χ2n) is 8.42. The Balaban J connectivity index is 1.48. The van der Waals surface area contributed by atoms with Gasteiger partial charge in [-0.1, -0.05) is 59.3 Å². The summed E-state index contributed by atoms with van der Waals surface area (Å²) in [7, 11) is 0. The summed E-state index contributed by atoms with van der Waals surface area (Å²) in [5, 5.41) is 3.52. The van der Waals surface area contributed by atoms with Crippen LogP contribution in [0.15, 0.2) is 59.5 Å². The Labute approximate surface area is 240 Å². The number of carbonyl (C=O) groups excluding carboxylic acids is 2. The first-order valence-electron chi connectivity index (χ1n) is 11.7. The van der Waals surface area contributed by atoms with Crippen LogP contribution in [0, 0.1) is 13.8 Å². The zero-order valence-corrected chi connectivity index (χ0v) is 24.0. The van der Waals surface area contributed by atoms with Crippen molar-refractivity contribution in [3.63, 3.8) is 0 Å². The average Bonchev–Trinajstić information content (AvgIpc) is 3.12. The lowest BCUT2D eigenvalue weighted by atomic mass is 10.1. The summed E-state index contributed by atoms with van der Waals surface area (Å²) in [5.41, 5.74) is 4.18. The number of nitrogens with one attached hydrogen (secondary N) is 1. The Bertz CT molecular complexity index is 1440. The maximum Gasteiger partial charge on any atom is 0.270 e. The smallest absolute Gasteiger partial charge is 0.270 e. The molecule has 1 heterocycles. The first-order chi connectivity index (χ1) is 18.1. The molecule has 38 heavy (non-hydrogen) atoms. The van der Waals surface area contributed by atoms with Crippen molar-refractivity contribution in [3.05, 3.63) is 86.2 Å². The number of nitrogens with zero attached hydrogens (tertiary/aromatic N) is 1. The average molecular weight is 588 g/mol. The van der Waals surface area contributed by atoms with E-state index in [1.807, 2.05) is 39.0 Å². The van der Waals surface area contributed by atoms with E-state index in [4.69, 9.17) is 44.9 Å². The zero-order valence-electron chi connectivity index (χ0n) is 20.8. The van der Waals surface area contributed by atoms with Crippen LogP contribution in [0.2, 0.25) is 10.0 Å². The third kappa shape index (κ3) is 6.69. The third-order valence-corrected chi connectivity index (χ3v) is 7.35. The van der Waals surface area contributed by atoms with Gasteiger partial charge in [-0.3, -0.25) is 14.5 Å². The summed E-state index contributed by atoms with van der Waals surface area (Å²) in [4.78, 5) is 27.6. The van der Waals surface area contributed by atoms with Gasteiger partial charge in [0.2, 0.25) is 0 Å². The molecule has 1 aliphatic heterocycles. The summed E-state index contributed by atoms with van der Waals surface area (Å²) in [5.74, 6) is 0.277. The van der Waals surface area contributed by atoms with Gasteiger partial charge < -0.3 is 14.8 Å². The molecule has 196 valence electrons. The fourth-order valence-electron chi connectivity index (χ4n) is 3.67. The topological polar surface area (TPSA) is 67.9 Å². The van der Waals surface area contributed by atoms with Crippen LogP contribution in [0.25, 0.3) is 6.08 Å². The molecule has 0 aliphatic carbocycles. The molecule has 3 aromatic carbocycles. The van der Waals surface area contributed by atoms with E-state index in [-0.39, 0.29) is 18.4 Å². The minimum atomic E-state index is -0.384. The van der Waals surface area contributed by atoms with Crippen LogP contribution in [0.4, 0.5) is 11.4 Å². The Kier molecular flexibility index (Phi) is 8.99. The molecule has 0 bridgehead atoms. The highest BCUT2D eigenvalue weighted by Crippen LogP contribution is 2.38. The van der Waals surface area contributed by atoms with Crippen LogP contribution in [-0.2, 0) is 9.59 Å². The molecule has 1 saturated heterocycles. The number of halogens is 2. The van der Waals surface area contributed by atoms with E-state index >= 15 is 0 Å². The molecule has 1 N–H and O–H groups in total. The fourth-order valence-corrected chi connectivity index (χ4v) is 5.50. The van der Waals surface area contributed by atoms with Gasteiger partial charge in [-0.05, 0) is 86.0 Å². The molecule has 10 heteroatoms. The van der Waals surface area contributed by atoms with Gasteiger partial charge in [0, 0.05) is 15.7 Å². The Morgan fingerprint density at radius 3 is 2.42 bits per heavy atom. The van der Waals surface area contributed by atoms with Crippen LogP contribution in [-0.4, -0.2) is 29.3 Å². The minimum absolute atomic E-state index is 0.181. The normalized spacial score (nSPS) is 14.2. The molecule has 2 amide bonds. The number of anilines is 2. The van der Waals surface area contributed by atoms with E-state index in [9.17, 15) is 9.59 Å². The number of benzene rings is 3. The molecule has 0 atom stereocenters. The van der Waals surface area contributed by atoms with Crippen molar-refractivity contribution in [1.82, 2.24) is 0 Å². The number of ether oxygens (including phenoxy) is 2. The van der Waals surface area contributed by atoms with Crippen LogP contribution in [0.1, 0.15) is 23.6 Å². The fraction of sp³-hybridized carbons (Fsp3) is 0.179. The van der Waals surface area contributed by atoms with Gasteiger partial charge in [0.15, 0.2) is 22.4 Å². The number of amides is 2. The highest BCUT2D eigenvalue weighted by molar-refractivity contribution is 8.27. The van der Waals surface area contributed by atoms with Crippen molar-refractivity contribution in [2.75, 3.05) is 23.4 Å². The molecule has 0 saturated carbocycles. The molecule has 0 spiro atoms. The van der Waals surface area contributed by atoms with Gasteiger partial charge in [-0.2, -0.15) is 0 Å². The second kappa shape index (κ2) is 12.2. The molecule has 1 fully saturated rings. The predicted molar refractivity (Wildman–Crippen MR) is 160 cm³/mol. The van der Waals surface area contributed by atoms with Crippen molar-refractivity contribution >= 4 is 80.8 Å². The standard InChI is InChI=1S/C28H24Cl2N2O4S2/c1-4-35-24-10-18(6-8-23(24)36-15-26(33)31-21-13-19(29)12-20(30)14-21)11-25-27(34)32(28(37)38-25)22-7-5-16(2)17(3)9-22/h5-14H,4,15H2,1-3H3,(H,31,33)/b25-11-. The molecule has 1 aliphatic rings. The quantitative estimate of drug-likeness (QED) is 0.218. The first-order valence-corrected chi connectivity index (χ1v) is 13.6. The molecule has 6 nitrogen and oxygen atoms in total. The molecule has 4 rings (SSSR count). The molecule has 3 aromatic rings. The Hall–Kier alpha value is -3.04. The molecular weight excluding hydrogens is 563 g/mol. The third-order valence-electron chi connectivity index (χ3n) is 5.61. The van der Waals surface area contributed by atoms with Crippen molar-refractivity contribution in [2.45, 2.75) is 20.8 Å². The molecular formula is C28H24Cl2N2O4S2. The summed E-state index contributed by atoms with van der Waals surface area (Å²) in [6.45, 7) is 6.01. The van der Waals surface area contributed by atoms with E-state index in [0.717, 1.165) is 22.4 Å². The first kappa shape index (κ1) is 28.0. The number of aryl methyl sites for hydroxylation is 2. The summed E-state index contributed by atoms with van der Waals surface area (Å²) in [6.07, 6.45) is 1.77.